The lowest BCUT2D eigenvalue weighted by molar-refractivity contribution is -0.385. The number of rotatable bonds is 4. The first-order chi connectivity index (χ1) is 11.0. The lowest BCUT2D eigenvalue weighted by atomic mass is 10.0. The monoisotopic (exact) mass is 311 g/mol. The van der Waals surface area contributed by atoms with Crippen molar-refractivity contribution in [1.29, 1.82) is 0 Å². The molecular weight excluding hydrogens is 298 g/mol. The summed E-state index contributed by atoms with van der Waals surface area (Å²) in [4.78, 5) is 10.6. The van der Waals surface area contributed by atoms with E-state index in [4.69, 9.17) is 4.42 Å². The third kappa shape index (κ3) is 3.00. The fourth-order valence-corrected chi connectivity index (χ4v) is 2.21. The zero-order chi connectivity index (χ0) is 16.4. The van der Waals surface area contributed by atoms with Gasteiger partial charge in [-0.3, -0.25) is 10.1 Å². The topological polar surface area (TPSA) is 99.3 Å². The second kappa shape index (κ2) is 5.84. The molecule has 0 saturated carbocycles. The van der Waals surface area contributed by atoms with Gasteiger partial charge in [-0.05, 0) is 37.6 Å². The molecule has 0 saturated heterocycles. The van der Waals surface area contributed by atoms with Gasteiger partial charge in [-0.2, -0.15) is 5.10 Å². The summed E-state index contributed by atoms with van der Waals surface area (Å²) >= 11 is 0. The van der Waals surface area contributed by atoms with Crippen molar-refractivity contribution in [3.63, 3.8) is 0 Å². The second-order valence-corrected chi connectivity index (χ2v) is 5.00. The predicted molar refractivity (Wildman–Crippen MR) is 83.3 cm³/mol. The molecule has 0 unspecified atom stereocenters. The standard InChI is InChI=1S/C15H13N5O3/c1-10-6-14(20(21)22)11(2)5-13(10)15-4-3-12(23-15)7-18-19-8-16-17-9-19/h3-9H,1-2H3/b18-7+. The fourth-order valence-electron chi connectivity index (χ4n) is 2.21. The quantitative estimate of drug-likeness (QED) is 0.419. The fraction of sp³-hybridized carbons (Fsp3) is 0.133. The van der Waals surface area contributed by atoms with Gasteiger partial charge in [0.25, 0.3) is 5.69 Å². The molecular formula is C15H13N5O3. The smallest absolute Gasteiger partial charge is 0.272 e. The van der Waals surface area contributed by atoms with Crippen molar-refractivity contribution < 1.29 is 9.34 Å². The Hall–Kier alpha value is -3.29. The maximum absolute atomic E-state index is 11.0. The van der Waals surface area contributed by atoms with Crippen LogP contribution in [0.4, 0.5) is 5.69 Å². The molecule has 0 aliphatic heterocycles. The van der Waals surface area contributed by atoms with Crippen molar-refractivity contribution in [3.8, 4) is 11.3 Å². The van der Waals surface area contributed by atoms with Gasteiger partial charge in [0.15, 0.2) is 0 Å². The van der Waals surface area contributed by atoms with Crippen LogP contribution < -0.4 is 0 Å². The molecule has 0 aliphatic rings. The summed E-state index contributed by atoms with van der Waals surface area (Å²) in [7, 11) is 0. The zero-order valence-electron chi connectivity index (χ0n) is 12.5. The lowest BCUT2D eigenvalue weighted by Gasteiger charge is -2.05. The summed E-state index contributed by atoms with van der Waals surface area (Å²) in [6.07, 6.45) is 4.47. The molecule has 1 aromatic carbocycles. The van der Waals surface area contributed by atoms with Gasteiger partial charge in [0.1, 0.15) is 24.2 Å². The first-order valence-corrected chi connectivity index (χ1v) is 6.79. The first kappa shape index (κ1) is 14.6. The van der Waals surface area contributed by atoms with Crippen molar-refractivity contribution in [1.82, 2.24) is 14.9 Å². The van der Waals surface area contributed by atoms with Crippen LogP contribution in [0.15, 0.2) is 46.4 Å². The Morgan fingerprint density at radius 1 is 1.22 bits per heavy atom. The van der Waals surface area contributed by atoms with Gasteiger partial charge in [-0.1, -0.05) is 0 Å². The van der Waals surface area contributed by atoms with Crippen LogP contribution in [0.5, 0.6) is 0 Å². The van der Waals surface area contributed by atoms with Crippen molar-refractivity contribution in [2.75, 3.05) is 0 Å². The number of aromatic nitrogens is 3. The Balaban J connectivity index is 1.91. The Bertz CT molecular complexity index is 881. The number of benzene rings is 1. The highest BCUT2D eigenvalue weighted by Gasteiger charge is 2.15. The normalized spacial score (nSPS) is 11.2. The molecule has 3 rings (SSSR count). The van der Waals surface area contributed by atoms with E-state index >= 15 is 0 Å². The Labute approximate surface area is 131 Å². The SMILES string of the molecule is Cc1cc([N+](=O)[O-])c(C)cc1-c1ccc(/C=N/n2cnnc2)o1. The van der Waals surface area contributed by atoms with Gasteiger partial charge in [0.2, 0.25) is 0 Å². The Morgan fingerprint density at radius 3 is 2.65 bits per heavy atom. The van der Waals surface area contributed by atoms with E-state index < -0.39 is 0 Å². The van der Waals surface area contributed by atoms with Gasteiger partial charge >= 0.3 is 0 Å². The van der Waals surface area contributed by atoms with Crippen LogP contribution in [0.2, 0.25) is 0 Å². The molecule has 3 aromatic rings. The van der Waals surface area contributed by atoms with E-state index in [-0.39, 0.29) is 10.6 Å². The molecule has 2 heterocycles. The molecule has 0 N–H and O–H groups in total. The molecule has 0 radical (unpaired) electrons. The van der Waals surface area contributed by atoms with E-state index in [9.17, 15) is 10.1 Å². The molecule has 0 spiro atoms. The summed E-state index contributed by atoms with van der Waals surface area (Å²) in [5, 5.41) is 22.4. The van der Waals surface area contributed by atoms with Crippen LogP contribution in [0.3, 0.4) is 0 Å². The molecule has 0 bridgehead atoms. The van der Waals surface area contributed by atoms with E-state index in [1.165, 1.54) is 17.3 Å². The summed E-state index contributed by atoms with van der Waals surface area (Å²) in [6.45, 7) is 3.52. The van der Waals surface area contributed by atoms with Crippen LogP contribution in [-0.2, 0) is 0 Å². The van der Waals surface area contributed by atoms with Gasteiger partial charge in [-0.25, -0.2) is 4.68 Å². The largest absolute Gasteiger partial charge is 0.455 e. The Kier molecular flexibility index (Phi) is 3.71. The van der Waals surface area contributed by atoms with Crippen LogP contribution in [0, 0.1) is 24.0 Å². The number of hydrogen-bond acceptors (Lipinski definition) is 6. The maximum atomic E-state index is 11.0. The van der Waals surface area contributed by atoms with E-state index in [2.05, 4.69) is 15.3 Å². The number of nitro groups is 1. The molecule has 8 nitrogen and oxygen atoms in total. The number of furan rings is 1. The highest BCUT2D eigenvalue weighted by atomic mass is 16.6. The van der Waals surface area contributed by atoms with Gasteiger partial charge < -0.3 is 4.42 Å². The van der Waals surface area contributed by atoms with Gasteiger partial charge in [0.05, 0.1) is 11.1 Å². The Morgan fingerprint density at radius 2 is 1.96 bits per heavy atom. The molecule has 2 aromatic heterocycles. The number of nitrogens with zero attached hydrogens (tertiary/aromatic N) is 5. The summed E-state index contributed by atoms with van der Waals surface area (Å²) in [5.74, 6) is 1.19. The minimum atomic E-state index is -0.383. The molecule has 0 fully saturated rings. The predicted octanol–water partition coefficient (Wildman–Crippen LogP) is 2.95. The van der Waals surface area contributed by atoms with Crippen molar-refractivity contribution in [3.05, 3.63) is 63.9 Å². The van der Waals surface area contributed by atoms with Gasteiger partial charge in [-0.15, -0.1) is 10.2 Å². The average molecular weight is 311 g/mol. The zero-order valence-corrected chi connectivity index (χ0v) is 12.5. The van der Waals surface area contributed by atoms with Crippen LogP contribution in [0.25, 0.3) is 11.3 Å². The second-order valence-electron chi connectivity index (χ2n) is 5.00. The van der Waals surface area contributed by atoms with Crippen molar-refractivity contribution in [2.45, 2.75) is 13.8 Å². The van der Waals surface area contributed by atoms with Crippen molar-refractivity contribution >= 4 is 11.9 Å². The van der Waals surface area contributed by atoms with E-state index in [0.29, 0.717) is 17.1 Å². The van der Waals surface area contributed by atoms with Crippen LogP contribution in [0.1, 0.15) is 16.9 Å². The van der Waals surface area contributed by atoms with Gasteiger partial charge in [0, 0.05) is 17.2 Å². The minimum Gasteiger partial charge on any atom is -0.455 e. The summed E-state index contributed by atoms with van der Waals surface area (Å²) < 4.78 is 7.18. The third-order valence-corrected chi connectivity index (χ3v) is 3.36. The molecule has 8 heteroatoms. The highest BCUT2D eigenvalue weighted by molar-refractivity contribution is 5.78. The number of hydrogen-bond donors (Lipinski definition) is 0. The minimum absolute atomic E-state index is 0.104. The van der Waals surface area contributed by atoms with E-state index in [1.807, 2.05) is 6.92 Å². The molecule has 116 valence electrons. The number of aryl methyl sites for hydroxylation is 2. The van der Waals surface area contributed by atoms with Crippen LogP contribution in [-0.4, -0.2) is 26.0 Å². The maximum Gasteiger partial charge on any atom is 0.272 e. The molecule has 0 atom stereocenters. The third-order valence-electron chi connectivity index (χ3n) is 3.36. The number of nitro benzene ring substituents is 1. The molecule has 23 heavy (non-hydrogen) atoms. The van der Waals surface area contributed by atoms with Crippen molar-refractivity contribution in [2.24, 2.45) is 5.10 Å². The van der Waals surface area contributed by atoms with E-state index in [1.54, 1.807) is 37.4 Å². The summed E-state index contributed by atoms with van der Waals surface area (Å²) in [5.41, 5.74) is 2.29. The van der Waals surface area contributed by atoms with E-state index in [0.717, 1.165) is 11.1 Å². The average Bonchev–Trinajstić information content (AvgIpc) is 3.17. The first-order valence-electron chi connectivity index (χ1n) is 6.79. The lowest BCUT2D eigenvalue weighted by Crippen LogP contribution is -1.94. The summed E-state index contributed by atoms with van der Waals surface area (Å²) in [6, 6.07) is 6.89. The molecule has 0 amide bonds. The highest BCUT2D eigenvalue weighted by Crippen LogP contribution is 2.30. The van der Waals surface area contributed by atoms with Crippen LogP contribution >= 0.6 is 0 Å². The molecule has 0 aliphatic carbocycles.